The maximum Gasteiger partial charge on any atom is 0.329 e. The fourth-order valence-corrected chi connectivity index (χ4v) is 2.91. The highest BCUT2D eigenvalue weighted by Gasteiger charge is 2.16. The van der Waals surface area contributed by atoms with E-state index in [4.69, 9.17) is 16.3 Å². The summed E-state index contributed by atoms with van der Waals surface area (Å²) in [6.07, 6.45) is 0. The normalized spacial score (nSPS) is 10.6. The van der Waals surface area contributed by atoms with Gasteiger partial charge in [0, 0.05) is 12.1 Å². The molecule has 0 spiro atoms. The smallest absolute Gasteiger partial charge is 0.329 e. The van der Waals surface area contributed by atoms with Crippen LogP contribution in [0.3, 0.4) is 0 Å². The van der Waals surface area contributed by atoms with E-state index in [1.54, 1.807) is 25.2 Å². The van der Waals surface area contributed by atoms with Crippen LogP contribution in [0.25, 0.3) is 11.0 Å². The van der Waals surface area contributed by atoms with Gasteiger partial charge < -0.3 is 4.74 Å². The summed E-state index contributed by atoms with van der Waals surface area (Å²) >= 11 is 5.87. The number of ether oxygens (including phenoxy) is 1. The first-order chi connectivity index (χ1) is 12.9. The zero-order valence-electron chi connectivity index (χ0n) is 14.7. The fraction of sp³-hybridized carbons (Fsp3) is 0.167. The van der Waals surface area contributed by atoms with E-state index >= 15 is 0 Å². The standard InChI is InChI=1S/C18H17ClN4O4/c1-22-13-5-3-4-6-14(13)23(18(22)26)10-16(24)20-21-17(25)12-8-7-11(19)9-15(12)27-2/h3-9H,10H2,1-2H3,(H,20,24)(H,21,25). The summed E-state index contributed by atoms with van der Waals surface area (Å²) < 4.78 is 7.90. The van der Waals surface area contributed by atoms with E-state index in [1.807, 2.05) is 6.07 Å². The third-order valence-electron chi connectivity index (χ3n) is 4.08. The molecule has 140 valence electrons. The number of carbonyl (C=O) groups is 2. The molecule has 1 heterocycles. The van der Waals surface area contributed by atoms with Gasteiger partial charge in [0.15, 0.2) is 0 Å². The van der Waals surface area contributed by atoms with E-state index in [0.29, 0.717) is 16.1 Å². The number of rotatable bonds is 4. The molecule has 0 radical (unpaired) electrons. The second-order valence-corrected chi connectivity index (χ2v) is 6.20. The monoisotopic (exact) mass is 388 g/mol. The molecule has 0 fully saturated rings. The first-order valence-electron chi connectivity index (χ1n) is 7.99. The summed E-state index contributed by atoms with van der Waals surface area (Å²) in [7, 11) is 3.04. The number of fused-ring (bicyclic) bond motifs is 1. The number of aryl methyl sites for hydroxylation is 1. The van der Waals surface area contributed by atoms with Gasteiger partial charge in [0.2, 0.25) is 0 Å². The maximum absolute atomic E-state index is 12.3. The van der Waals surface area contributed by atoms with E-state index in [0.717, 1.165) is 0 Å². The summed E-state index contributed by atoms with van der Waals surface area (Å²) in [5, 5.41) is 0.419. The minimum absolute atomic E-state index is 0.213. The Labute approximate surface area is 159 Å². The lowest BCUT2D eigenvalue weighted by Gasteiger charge is -2.11. The van der Waals surface area contributed by atoms with Crippen LogP contribution in [0, 0.1) is 0 Å². The van der Waals surface area contributed by atoms with E-state index in [-0.39, 0.29) is 23.5 Å². The summed E-state index contributed by atoms with van der Waals surface area (Å²) in [5.41, 5.74) is 5.84. The molecule has 0 atom stereocenters. The van der Waals surface area contributed by atoms with Crippen molar-refractivity contribution in [2.75, 3.05) is 7.11 Å². The average molecular weight is 389 g/mol. The van der Waals surface area contributed by atoms with Crippen molar-refractivity contribution in [1.82, 2.24) is 20.0 Å². The third-order valence-corrected chi connectivity index (χ3v) is 4.31. The van der Waals surface area contributed by atoms with Crippen molar-refractivity contribution < 1.29 is 14.3 Å². The highest BCUT2D eigenvalue weighted by atomic mass is 35.5. The van der Waals surface area contributed by atoms with Crippen molar-refractivity contribution >= 4 is 34.4 Å². The fourth-order valence-electron chi connectivity index (χ4n) is 2.75. The van der Waals surface area contributed by atoms with Crippen LogP contribution in [0.5, 0.6) is 5.75 Å². The van der Waals surface area contributed by atoms with Crippen LogP contribution in [0.4, 0.5) is 0 Å². The zero-order chi connectivity index (χ0) is 19.6. The molecule has 2 amide bonds. The van der Waals surface area contributed by atoms with Gasteiger partial charge in [-0.3, -0.25) is 29.6 Å². The van der Waals surface area contributed by atoms with Crippen LogP contribution >= 0.6 is 11.6 Å². The van der Waals surface area contributed by atoms with Gasteiger partial charge in [-0.2, -0.15) is 0 Å². The largest absolute Gasteiger partial charge is 0.496 e. The number of carbonyl (C=O) groups excluding carboxylic acids is 2. The van der Waals surface area contributed by atoms with Crippen LogP contribution < -0.4 is 21.3 Å². The third kappa shape index (κ3) is 3.65. The molecule has 0 aliphatic rings. The van der Waals surface area contributed by atoms with Gasteiger partial charge >= 0.3 is 5.69 Å². The molecule has 0 aliphatic carbocycles. The predicted octanol–water partition coefficient (Wildman–Crippen LogP) is 1.46. The molecular formula is C18H17ClN4O4. The number of nitrogens with one attached hydrogen (secondary N) is 2. The number of para-hydroxylation sites is 2. The van der Waals surface area contributed by atoms with Crippen molar-refractivity contribution in [3.63, 3.8) is 0 Å². The zero-order valence-corrected chi connectivity index (χ0v) is 15.4. The molecule has 0 aliphatic heterocycles. The second-order valence-electron chi connectivity index (χ2n) is 5.76. The molecule has 0 unspecified atom stereocenters. The highest BCUT2D eigenvalue weighted by Crippen LogP contribution is 2.22. The summed E-state index contributed by atoms with van der Waals surface area (Å²) in [4.78, 5) is 36.8. The minimum atomic E-state index is -0.567. The Morgan fingerprint density at radius 3 is 2.52 bits per heavy atom. The molecular weight excluding hydrogens is 372 g/mol. The van der Waals surface area contributed by atoms with Crippen LogP contribution in [0.2, 0.25) is 5.02 Å². The van der Waals surface area contributed by atoms with Crippen LogP contribution in [0.15, 0.2) is 47.3 Å². The molecule has 0 bridgehead atoms. The molecule has 0 saturated carbocycles. The Morgan fingerprint density at radius 1 is 1.11 bits per heavy atom. The molecule has 27 heavy (non-hydrogen) atoms. The van der Waals surface area contributed by atoms with Crippen molar-refractivity contribution in [3.05, 3.63) is 63.5 Å². The number of hydrogen-bond donors (Lipinski definition) is 2. The number of hydrogen-bond acceptors (Lipinski definition) is 4. The molecule has 8 nitrogen and oxygen atoms in total. The quantitative estimate of drug-likeness (QED) is 0.662. The number of aromatic nitrogens is 2. The first kappa shape index (κ1) is 18.5. The Kier molecular flexibility index (Phi) is 5.18. The lowest BCUT2D eigenvalue weighted by atomic mass is 10.2. The Hall–Kier alpha value is -3.26. The number of imidazole rings is 1. The molecule has 9 heteroatoms. The average Bonchev–Trinajstić information content (AvgIpc) is 2.91. The highest BCUT2D eigenvalue weighted by molar-refractivity contribution is 6.30. The molecule has 3 rings (SSSR count). The first-order valence-corrected chi connectivity index (χ1v) is 8.37. The van der Waals surface area contributed by atoms with Crippen molar-refractivity contribution in [2.24, 2.45) is 7.05 Å². The topological polar surface area (TPSA) is 94.4 Å². The second kappa shape index (κ2) is 7.55. The van der Waals surface area contributed by atoms with Gasteiger partial charge in [-0.25, -0.2) is 4.79 Å². The van der Waals surface area contributed by atoms with E-state index in [9.17, 15) is 14.4 Å². The number of halogens is 1. The van der Waals surface area contributed by atoms with Crippen LogP contribution in [0.1, 0.15) is 10.4 Å². The predicted molar refractivity (Wildman–Crippen MR) is 101 cm³/mol. The Bertz CT molecular complexity index is 1090. The number of benzene rings is 2. The van der Waals surface area contributed by atoms with E-state index in [1.165, 1.54) is 34.4 Å². The van der Waals surface area contributed by atoms with Gasteiger partial charge in [-0.1, -0.05) is 23.7 Å². The lowest BCUT2D eigenvalue weighted by Crippen LogP contribution is -2.44. The van der Waals surface area contributed by atoms with Crippen molar-refractivity contribution in [2.45, 2.75) is 6.54 Å². The molecule has 1 aromatic heterocycles. The van der Waals surface area contributed by atoms with Gasteiger partial charge in [-0.15, -0.1) is 0 Å². The maximum atomic E-state index is 12.3. The van der Waals surface area contributed by atoms with E-state index < -0.39 is 11.8 Å². The lowest BCUT2D eigenvalue weighted by molar-refractivity contribution is -0.122. The molecule has 0 saturated heterocycles. The summed E-state index contributed by atoms with van der Waals surface area (Å²) in [6.45, 7) is -0.238. The van der Waals surface area contributed by atoms with Gasteiger partial charge in [-0.05, 0) is 30.3 Å². The number of hydrazine groups is 1. The number of methoxy groups -OCH3 is 1. The Balaban J connectivity index is 1.72. The number of nitrogens with zero attached hydrogens (tertiary/aromatic N) is 2. The Morgan fingerprint density at radius 2 is 1.81 bits per heavy atom. The molecule has 3 aromatic rings. The van der Waals surface area contributed by atoms with E-state index in [2.05, 4.69) is 10.9 Å². The van der Waals surface area contributed by atoms with Crippen molar-refractivity contribution in [3.8, 4) is 5.75 Å². The minimum Gasteiger partial charge on any atom is -0.496 e. The molecule has 2 aromatic carbocycles. The number of amides is 2. The summed E-state index contributed by atoms with van der Waals surface area (Å²) in [5.74, 6) is -0.837. The van der Waals surface area contributed by atoms with Crippen LogP contribution in [-0.2, 0) is 18.4 Å². The van der Waals surface area contributed by atoms with Gasteiger partial charge in [0.05, 0.1) is 23.7 Å². The van der Waals surface area contributed by atoms with Gasteiger partial charge in [0.1, 0.15) is 12.3 Å². The van der Waals surface area contributed by atoms with Crippen molar-refractivity contribution in [1.29, 1.82) is 0 Å². The summed E-state index contributed by atoms with van der Waals surface area (Å²) in [6, 6.07) is 11.7. The molecule has 2 N–H and O–H groups in total. The van der Waals surface area contributed by atoms with Gasteiger partial charge in [0.25, 0.3) is 11.8 Å². The van der Waals surface area contributed by atoms with Crippen LogP contribution in [-0.4, -0.2) is 28.1 Å². The SMILES string of the molecule is COc1cc(Cl)ccc1C(=O)NNC(=O)Cn1c(=O)n(C)c2ccccc21.